The van der Waals surface area contributed by atoms with Crippen LogP contribution in [0.3, 0.4) is 0 Å². The first-order valence-corrected chi connectivity index (χ1v) is 8.61. The summed E-state index contributed by atoms with van der Waals surface area (Å²) in [6.07, 6.45) is 3.55. The van der Waals surface area contributed by atoms with Crippen molar-refractivity contribution < 1.29 is 14.3 Å². The molecule has 0 saturated heterocycles. The zero-order valence-electron chi connectivity index (χ0n) is 15.1. The summed E-state index contributed by atoms with van der Waals surface area (Å²) >= 11 is 0. The fraction of sp³-hybridized carbons (Fsp3) is 0.0952. The van der Waals surface area contributed by atoms with E-state index < -0.39 is 11.9 Å². The molecule has 0 bridgehead atoms. The molecule has 140 valence electrons. The van der Waals surface area contributed by atoms with E-state index in [4.69, 9.17) is 4.74 Å². The second-order valence-electron chi connectivity index (χ2n) is 5.87. The van der Waals surface area contributed by atoms with E-state index in [1.165, 1.54) is 36.7 Å². The van der Waals surface area contributed by atoms with Crippen LogP contribution in [0.1, 0.15) is 33.2 Å². The van der Waals surface area contributed by atoms with Crippen LogP contribution in [0.2, 0.25) is 0 Å². The summed E-state index contributed by atoms with van der Waals surface area (Å²) in [5.41, 5.74) is 1.88. The molecule has 0 fully saturated rings. The van der Waals surface area contributed by atoms with Crippen LogP contribution < -0.4 is 10.1 Å². The molecule has 28 heavy (non-hydrogen) atoms. The molecule has 0 radical (unpaired) electrons. The summed E-state index contributed by atoms with van der Waals surface area (Å²) in [6.45, 7) is 1.90. The van der Waals surface area contributed by atoms with Crippen molar-refractivity contribution in [2.24, 2.45) is 5.18 Å². The lowest BCUT2D eigenvalue weighted by Gasteiger charge is -2.14. The van der Waals surface area contributed by atoms with Crippen LogP contribution in [0.4, 0.5) is 11.4 Å². The minimum absolute atomic E-state index is 0.199. The van der Waals surface area contributed by atoms with Crippen LogP contribution in [0.5, 0.6) is 5.75 Å². The second-order valence-corrected chi connectivity index (χ2v) is 5.87. The molecule has 7 nitrogen and oxygen atoms in total. The van der Waals surface area contributed by atoms with Crippen molar-refractivity contribution in [3.05, 3.63) is 88.6 Å². The van der Waals surface area contributed by atoms with Crippen molar-refractivity contribution in [2.75, 3.05) is 5.32 Å². The lowest BCUT2D eigenvalue weighted by atomic mass is 10.1. The van der Waals surface area contributed by atoms with E-state index in [0.717, 1.165) is 5.56 Å². The van der Waals surface area contributed by atoms with Gasteiger partial charge in [0.1, 0.15) is 11.4 Å². The van der Waals surface area contributed by atoms with Gasteiger partial charge >= 0.3 is 5.97 Å². The van der Waals surface area contributed by atoms with Gasteiger partial charge in [0.05, 0.1) is 11.1 Å². The van der Waals surface area contributed by atoms with E-state index in [-0.39, 0.29) is 17.0 Å². The van der Waals surface area contributed by atoms with Crippen LogP contribution in [-0.4, -0.2) is 16.9 Å². The minimum Gasteiger partial charge on any atom is -0.422 e. The fourth-order valence-corrected chi connectivity index (χ4v) is 2.64. The first kappa shape index (κ1) is 18.9. The number of hydrogen-bond acceptors (Lipinski definition) is 6. The number of hydrogen-bond donors (Lipinski definition) is 1. The number of anilines is 1. The Hall–Kier alpha value is -3.87. The average molecular weight is 375 g/mol. The molecule has 3 aromatic rings. The number of nitroso groups, excluding NO2 is 1. The van der Waals surface area contributed by atoms with Gasteiger partial charge < -0.3 is 10.1 Å². The standard InChI is InChI=1S/C21H17N3O4/c1-2-14-5-3-8-18(19(14)28-21(26)15-9-11-22-12-10-15)20(25)23-16-6-4-7-17(13-16)24-27/h3-13H,2H2,1H3,(H,23,25). The van der Waals surface area contributed by atoms with E-state index >= 15 is 0 Å². The van der Waals surface area contributed by atoms with Gasteiger partial charge in [0.25, 0.3) is 5.91 Å². The van der Waals surface area contributed by atoms with Crippen LogP contribution >= 0.6 is 0 Å². The summed E-state index contributed by atoms with van der Waals surface area (Å²) in [7, 11) is 0. The van der Waals surface area contributed by atoms with Gasteiger partial charge in [0.2, 0.25) is 0 Å². The molecule has 3 rings (SSSR count). The molecular weight excluding hydrogens is 358 g/mol. The Bertz CT molecular complexity index is 1020. The molecular formula is C21H17N3O4. The Balaban J connectivity index is 1.91. The topological polar surface area (TPSA) is 97.7 Å². The summed E-state index contributed by atoms with van der Waals surface area (Å²) in [5, 5.41) is 5.55. The first-order valence-electron chi connectivity index (χ1n) is 8.61. The molecule has 2 aromatic carbocycles. The molecule has 0 unspecified atom stereocenters. The Labute approximate surface area is 161 Å². The highest BCUT2D eigenvalue weighted by molar-refractivity contribution is 6.07. The number of carbonyl (C=O) groups excluding carboxylic acids is 2. The van der Waals surface area contributed by atoms with Gasteiger partial charge in [-0.05, 0) is 53.6 Å². The third-order valence-corrected chi connectivity index (χ3v) is 4.04. The number of pyridine rings is 1. The molecule has 0 aliphatic heterocycles. The zero-order valence-corrected chi connectivity index (χ0v) is 15.1. The van der Waals surface area contributed by atoms with Crippen molar-refractivity contribution in [3.8, 4) is 5.75 Å². The SMILES string of the molecule is CCc1cccc(C(=O)Nc2cccc(N=O)c2)c1OC(=O)c1ccncc1. The number of rotatable bonds is 6. The van der Waals surface area contributed by atoms with Crippen LogP contribution in [0, 0.1) is 4.91 Å². The van der Waals surface area contributed by atoms with Crippen LogP contribution in [0.15, 0.2) is 72.2 Å². The minimum atomic E-state index is -0.579. The molecule has 0 atom stereocenters. The Morgan fingerprint density at radius 1 is 1.07 bits per heavy atom. The van der Waals surface area contributed by atoms with Crippen LogP contribution in [0.25, 0.3) is 0 Å². The Kier molecular flexibility index (Phi) is 5.86. The quantitative estimate of drug-likeness (QED) is 0.388. The first-order chi connectivity index (χ1) is 13.6. The largest absolute Gasteiger partial charge is 0.422 e. The van der Waals surface area contributed by atoms with E-state index in [1.54, 1.807) is 30.3 Å². The fourth-order valence-electron chi connectivity index (χ4n) is 2.64. The third kappa shape index (κ3) is 4.27. The molecule has 0 aliphatic carbocycles. The van der Waals surface area contributed by atoms with Gasteiger partial charge in [-0.2, -0.15) is 0 Å². The number of ether oxygens (including phenoxy) is 1. The molecule has 1 N–H and O–H groups in total. The van der Waals surface area contributed by atoms with Gasteiger partial charge in [0, 0.05) is 18.1 Å². The second kappa shape index (κ2) is 8.68. The number of nitrogens with zero attached hydrogens (tertiary/aromatic N) is 2. The van der Waals surface area contributed by atoms with Gasteiger partial charge in [-0.15, -0.1) is 4.91 Å². The molecule has 0 saturated carbocycles. The lowest BCUT2D eigenvalue weighted by molar-refractivity contribution is 0.0731. The highest BCUT2D eigenvalue weighted by Crippen LogP contribution is 2.27. The lowest BCUT2D eigenvalue weighted by Crippen LogP contribution is -2.17. The van der Waals surface area contributed by atoms with Gasteiger partial charge in [-0.3, -0.25) is 9.78 Å². The summed E-state index contributed by atoms with van der Waals surface area (Å²) in [6, 6.07) is 14.4. The molecule has 1 amide bonds. The number of nitrogens with one attached hydrogen (secondary N) is 1. The number of aromatic nitrogens is 1. The predicted octanol–water partition coefficient (Wildman–Crippen LogP) is 4.51. The van der Waals surface area contributed by atoms with Crippen molar-refractivity contribution in [1.82, 2.24) is 4.98 Å². The van der Waals surface area contributed by atoms with Crippen molar-refractivity contribution in [2.45, 2.75) is 13.3 Å². The van der Waals surface area contributed by atoms with Crippen LogP contribution in [-0.2, 0) is 6.42 Å². The molecule has 1 aromatic heterocycles. The number of benzene rings is 2. The predicted molar refractivity (Wildman–Crippen MR) is 105 cm³/mol. The van der Waals surface area contributed by atoms with E-state index in [1.807, 2.05) is 6.92 Å². The monoisotopic (exact) mass is 375 g/mol. The maximum atomic E-state index is 12.8. The zero-order chi connectivity index (χ0) is 19.9. The Morgan fingerprint density at radius 2 is 1.82 bits per heavy atom. The summed E-state index contributed by atoms with van der Waals surface area (Å²) in [5.74, 6) is -0.839. The van der Waals surface area contributed by atoms with Gasteiger partial charge in [0.15, 0.2) is 0 Å². The highest BCUT2D eigenvalue weighted by atomic mass is 16.5. The van der Waals surface area contributed by atoms with Crippen molar-refractivity contribution >= 4 is 23.3 Å². The molecule has 1 heterocycles. The van der Waals surface area contributed by atoms with E-state index in [2.05, 4.69) is 15.5 Å². The van der Waals surface area contributed by atoms with Crippen molar-refractivity contribution in [3.63, 3.8) is 0 Å². The Morgan fingerprint density at radius 3 is 2.54 bits per heavy atom. The molecule has 7 heteroatoms. The molecule has 0 aliphatic rings. The number of esters is 1. The van der Waals surface area contributed by atoms with E-state index in [9.17, 15) is 14.5 Å². The summed E-state index contributed by atoms with van der Waals surface area (Å²) in [4.78, 5) is 39.8. The maximum absolute atomic E-state index is 12.8. The van der Waals surface area contributed by atoms with Crippen molar-refractivity contribution in [1.29, 1.82) is 0 Å². The number of para-hydroxylation sites is 1. The number of carbonyl (C=O) groups is 2. The maximum Gasteiger partial charge on any atom is 0.343 e. The highest BCUT2D eigenvalue weighted by Gasteiger charge is 2.19. The smallest absolute Gasteiger partial charge is 0.343 e. The normalized spacial score (nSPS) is 10.2. The van der Waals surface area contributed by atoms with E-state index in [0.29, 0.717) is 17.7 Å². The summed E-state index contributed by atoms with van der Waals surface area (Å²) < 4.78 is 5.56. The third-order valence-electron chi connectivity index (χ3n) is 4.04. The number of amides is 1. The number of aryl methyl sites for hydroxylation is 1. The van der Waals surface area contributed by atoms with Gasteiger partial charge in [-0.25, -0.2) is 4.79 Å². The van der Waals surface area contributed by atoms with Gasteiger partial charge in [-0.1, -0.05) is 25.1 Å². The average Bonchev–Trinajstić information content (AvgIpc) is 2.74. The molecule has 0 spiro atoms.